The fourth-order valence-electron chi connectivity index (χ4n) is 3.23. The summed E-state index contributed by atoms with van der Waals surface area (Å²) in [5.41, 5.74) is 2.18. The average Bonchev–Trinajstić information content (AvgIpc) is 3.12. The molecule has 0 saturated carbocycles. The van der Waals surface area contributed by atoms with Gasteiger partial charge in [0.05, 0.1) is 22.9 Å². The molecule has 0 atom stereocenters. The highest BCUT2D eigenvalue weighted by atomic mass is 32.1. The first kappa shape index (κ1) is 20.6. The van der Waals surface area contributed by atoms with Gasteiger partial charge in [0.15, 0.2) is 4.80 Å². The van der Waals surface area contributed by atoms with E-state index in [4.69, 9.17) is 9.47 Å². The van der Waals surface area contributed by atoms with E-state index in [1.54, 1.807) is 28.8 Å². The second-order valence-corrected chi connectivity index (χ2v) is 7.81. The first-order chi connectivity index (χ1) is 15.1. The van der Waals surface area contributed by atoms with Crippen molar-refractivity contribution in [3.05, 3.63) is 88.7 Å². The lowest BCUT2D eigenvalue weighted by Gasteiger charge is -2.09. The second-order valence-electron chi connectivity index (χ2n) is 6.80. The van der Waals surface area contributed by atoms with Crippen molar-refractivity contribution in [2.45, 2.75) is 13.5 Å². The third-order valence-electron chi connectivity index (χ3n) is 4.70. The summed E-state index contributed by atoms with van der Waals surface area (Å²) in [5.74, 6) is 0.180. The van der Waals surface area contributed by atoms with Gasteiger partial charge >= 0.3 is 5.97 Å². The van der Waals surface area contributed by atoms with E-state index in [9.17, 15) is 9.59 Å². The van der Waals surface area contributed by atoms with Gasteiger partial charge in [-0.15, -0.1) is 0 Å². The molecule has 1 amide bonds. The predicted molar refractivity (Wildman–Crippen MR) is 119 cm³/mol. The molecule has 0 aliphatic carbocycles. The van der Waals surface area contributed by atoms with E-state index < -0.39 is 11.9 Å². The van der Waals surface area contributed by atoms with Crippen molar-refractivity contribution < 1.29 is 19.1 Å². The number of carbonyl (C=O) groups is 2. The van der Waals surface area contributed by atoms with Crippen molar-refractivity contribution in [2.24, 2.45) is 4.99 Å². The molecular formula is C24H20N2O4S. The van der Waals surface area contributed by atoms with Gasteiger partial charge in [0, 0.05) is 0 Å². The largest absolute Gasteiger partial charge is 0.468 e. The van der Waals surface area contributed by atoms with Crippen LogP contribution in [0.25, 0.3) is 10.2 Å². The Morgan fingerprint density at radius 2 is 1.71 bits per heavy atom. The van der Waals surface area contributed by atoms with Crippen LogP contribution in [0.4, 0.5) is 0 Å². The Bertz CT molecular complexity index is 1320. The first-order valence-corrected chi connectivity index (χ1v) is 10.4. The number of benzene rings is 3. The number of carbonyl (C=O) groups excluding carboxylic acids is 2. The highest BCUT2D eigenvalue weighted by molar-refractivity contribution is 7.16. The molecule has 1 aromatic heterocycles. The number of aryl methyl sites for hydroxylation is 1. The Hall–Kier alpha value is -3.71. The zero-order valence-electron chi connectivity index (χ0n) is 17.1. The number of ether oxygens (including phenoxy) is 2. The number of hydrogen-bond acceptors (Lipinski definition) is 5. The number of amides is 1. The van der Waals surface area contributed by atoms with Crippen LogP contribution in [0.2, 0.25) is 0 Å². The molecule has 156 valence electrons. The quantitative estimate of drug-likeness (QED) is 0.428. The minimum Gasteiger partial charge on any atom is -0.468 e. The average molecular weight is 433 g/mol. The van der Waals surface area contributed by atoms with Crippen LogP contribution in [-0.4, -0.2) is 23.6 Å². The third kappa shape index (κ3) is 4.41. The summed E-state index contributed by atoms with van der Waals surface area (Å²) in [6.45, 7) is 1.92. The summed E-state index contributed by atoms with van der Waals surface area (Å²) in [5, 5.41) is 0. The van der Waals surface area contributed by atoms with Gasteiger partial charge in [0.2, 0.25) is 0 Å². The predicted octanol–water partition coefficient (Wildman–Crippen LogP) is 4.72. The van der Waals surface area contributed by atoms with Crippen LogP contribution in [0.3, 0.4) is 0 Å². The van der Waals surface area contributed by atoms with Crippen molar-refractivity contribution in [2.75, 3.05) is 7.11 Å². The van der Waals surface area contributed by atoms with E-state index in [1.807, 2.05) is 55.5 Å². The maximum atomic E-state index is 13.1. The molecule has 0 N–H and O–H groups in total. The van der Waals surface area contributed by atoms with Crippen LogP contribution in [0.5, 0.6) is 11.5 Å². The van der Waals surface area contributed by atoms with Crippen molar-refractivity contribution in [1.82, 2.24) is 4.57 Å². The van der Waals surface area contributed by atoms with E-state index >= 15 is 0 Å². The zero-order chi connectivity index (χ0) is 21.8. The molecule has 3 aromatic carbocycles. The number of aromatic nitrogens is 1. The van der Waals surface area contributed by atoms with Gasteiger partial charge in [-0.25, -0.2) is 0 Å². The molecule has 0 saturated heterocycles. The van der Waals surface area contributed by atoms with Crippen LogP contribution >= 0.6 is 11.3 Å². The van der Waals surface area contributed by atoms with Crippen LogP contribution in [0.15, 0.2) is 77.8 Å². The van der Waals surface area contributed by atoms with Crippen molar-refractivity contribution in [1.29, 1.82) is 0 Å². The molecule has 0 radical (unpaired) electrons. The van der Waals surface area contributed by atoms with Crippen LogP contribution in [0.1, 0.15) is 15.9 Å². The Morgan fingerprint density at radius 3 is 2.48 bits per heavy atom. The topological polar surface area (TPSA) is 69.9 Å². The molecule has 0 aliphatic rings. The summed E-state index contributed by atoms with van der Waals surface area (Å²) in [6.07, 6.45) is 0. The van der Waals surface area contributed by atoms with E-state index in [0.717, 1.165) is 15.8 Å². The number of rotatable bonds is 5. The SMILES string of the molecule is COC(=O)Cn1c(=NC(=O)c2ccccc2Oc2ccccc2)sc2cccc(C)c21. The summed E-state index contributed by atoms with van der Waals surface area (Å²) in [6, 6.07) is 22.0. The van der Waals surface area contributed by atoms with Crippen LogP contribution in [0, 0.1) is 6.92 Å². The summed E-state index contributed by atoms with van der Waals surface area (Å²) < 4.78 is 13.4. The maximum absolute atomic E-state index is 13.1. The standard InChI is InChI=1S/C24H20N2O4S/c1-16-9-8-14-20-22(16)26(15-21(27)29-2)24(31-20)25-23(28)18-12-6-7-13-19(18)30-17-10-4-3-5-11-17/h3-14H,15H2,1-2H3. The lowest BCUT2D eigenvalue weighted by atomic mass is 10.2. The number of para-hydroxylation sites is 3. The van der Waals surface area contributed by atoms with Crippen molar-refractivity contribution >= 4 is 33.4 Å². The van der Waals surface area contributed by atoms with Crippen molar-refractivity contribution in [3.63, 3.8) is 0 Å². The van der Waals surface area contributed by atoms with E-state index in [1.165, 1.54) is 18.4 Å². The Kier molecular flexibility index (Phi) is 5.95. The van der Waals surface area contributed by atoms with Gasteiger partial charge in [-0.2, -0.15) is 4.99 Å². The number of nitrogens with zero attached hydrogens (tertiary/aromatic N) is 2. The molecule has 0 bridgehead atoms. The lowest BCUT2D eigenvalue weighted by molar-refractivity contribution is -0.141. The number of hydrogen-bond donors (Lipinski definition) is 0. The van der Waals surface area contributed by atoms with Crippen LogP contribution in [-0.2, 0) is 16.1 Å². The number of methoxy groups -OCH3 is 1. The Labute approximate surface area is 183 Å². The molecule has 0 spiro atoms. The first-order valence-electron chi connectivity index (χ1n) is 9.63. The zero-order valence-corrected chi connectivity index (χ0v) is 17.9. The molecule has 31 heavy (non-hydrogen) atoms. The second kappa shape index (κ2) is 8.97. The van der Waals surface area contributed by atoms with Gasteiger partial charge < -0.3 is 14.0 Å². The molecule has 0 fully saturated rings. The smallest absolute Gasteiger partial charge is 0.325 e. The van der Waals surface area contributed by atoms with Gasteiger partial charge in [0.1, 0.15) is 18.0 Å². The lowest BCUT2D eigenvalue weighted by Crippen LogP contribution is -2.22. The molecule has 6 nitrogen and oxygen atoms in total. The summed E-state index contributed by atoms with van der Waals surface area (Å²) >= 11 is 1.35. The molecule has 0 unspecified atom stereocenters. The van der Waals surface area contributed by atoms with Gasteiger partial charge in [-0.05, 0) is 42.8 Å². The normalized spacial score (nSPS) is 11.5. The molecule has 1 heterocycles. The van der Waals surface area contributed by atoms with Crippen molar-refractivity contribution in [3.8, 4) is 11.5 Å². The van der Waals surface area contributed by atoms with E-state index in [2.05, 4.69) is 4.99 Å². The molecule has 7 heteroatoms. The van der Waals surface area contributed by atoms with E-state index in [0.29, 0.717) is 21.9 Å². The number of esters is 1. The number of fused-ring (bicyclic) bond motifs is 1. The molecule has 4 aromatic rings. The summed E-state index contributed by atoms with van der Waals surface area (Å²) in [7, 11) is 1.34. The van der Waals surface area contributed by atoms with Gasteiger partial charge in [-0.1, -0.05) is 53.8 Å². The Morgan fingerprint density at radius 1 is 0.968 bits per heavy atom. The van der Waals surface area contributed by atoms with Crippen LogP contribution < -0.4 is 9.54 Å². The van der Waals surface area contributed by atoms with E-state index in [-0.39, 0.29) is 6.54 Å². The summed E-state index contributed by atoms with van der Waals surface area (Å²) in [4.78, 5) is 29.9. The fraction of sp³-hybridized carbons (Fsp3) is 0.125. The molecule has 4 rings (SSSR count). The minimum absolute atomic E-state index is 0.0321. The Balaban J connectivity index is 1.79. The van der Waals surface area contributed by atoms with Gasteiger partial charge in [-0.3, -0.25) is 9.59 Å². The third-order valence-corrected chi connectivity index (χ3v) is 5.75. The number of thiazole rings is 1. The highest BCUT2D eigenvalue weighted by Gasteiger charge is 2.16. The van der Waals surface area contributed by atoms with Gasteiger partial charge in [0.25, 0.3) is 5.91 Å². The highest BCUT2D eigenvalue weighted by Crippen LogP contribution is 2.26. The molecule has 0 aliphatic heterocycles. The monoisotopic (exact) mass is 432 g/mol. The maximum Gasteiger partial charge on any atom is 0.325 e. The minimum atomic E-state index is -0.450. The fourth-order valence-corrected chi connectivity index (χ4v) is 4.33. The molecular weight excluding hydrogens is 412 g/mol.